The van der Waals surface area contributed by atoms with E-state index >= 15 is 0 Å². The molecule has 1 aliphatic rings. The van der Waals surface area contributed by atoms with Crippen LogP contribution in [0.3, 0.4) is 0 Å². The van der Waals surface area contributed by atoms with Crippen LogP contribution < -0.4 is 11.1 Å². The predicted molar refractivity (Wildman–Crippen MR) is 83.7 cm³/mol. The van der Waals surface area contributed by atoms with Crippen molar-refractivity contribution in [2.45, 2.75) is 44.9 Å². The van der Waals surface area contributed by atoms with Gasteiger partial charge in [0.15, 0.2) is 0 Å². The van der Waals surface area contributed by atoms with Crippen LogP contribution in [0.25, 0.3) is 0 Å². The van der Waals surface area contributed by atoms with Crippen LogP contribution in [0.5, 0.6) is 0 Å². The van der Waals surface area contributed by atoms with Crippen molar-refractivity contribution in [1.29, 1.82) is 5.26 Å². The highest BCUT2D eigenvalue weighted by atomic mass is 16.2. The molecule has 0 radical (unpaired) electrons. The van der Waals surface area contributed by atoms with E-state index in [-0.39, 0.29) is 5.91 Å². The number of amides is 1. The number of hydrogen-bond donors (Lipinski definition) is 2. The van der Waals surface area contributed by atoms with E-state index in [4.69, 9.17) is 11.0 Å². The second-order valence-electron chi connectivity index (χ2n) is 6.46. The number of anilines is 1. The number of hydrogen-bond acceptors (Lipinski definition) is 3. The molecule has 1 aliphatic carbocycles. The molecule has 21 heavy (non-hydrogen) atoms. The van der Waals surface area contributed by atoms with Gasteiger partial charge in [0.1, 0.15) is 0 Å². The first-order valence-corrected chi connectivity index (χ1v) is 7.47. The molecule has 0 unspecified atom stereocenters. The molecule has 1 saturated carbocycles. The Hall–Kier alpha value is -1.86. The van der Waals surface area contributed by atoms with Crippen LogP contribution in [0.2, 0.25) is 0 Å². The van der Waals surface area contributed by atoms with Gasteiger partial charge in [-0.3, -0.25) is 4.79 Å². The van der Waals surface area contributed by atoms with Crippen molar-refractivity contribution in [3.05, 3.63) is 29.8 Å². The van der Waals surface area contributed by atoms with Gasteiger partial charge >= 0.3 is 0 Å². The van der Waals surface area contributed by atoms with Crippen LogP contribution in [0, 0.1) is 16.7 Å². The smallest absolute Gasteiger partial charge is 0.231 e. The molecule has 0 bridgehead atoms. The summed E-state index contributed by atoms with van der Waals surface area (Å²) in [6, 6.07) is 9.76. The van der Waals surface area contributed by atoms with Gasteiger partial charge < -0.3 is 11.1 Å². The maximum atomic E-state index is 12.5. The zero-order valence-electron chi connectivity index (χ0n) is 12.8. The third-order valence-electron chi connectivity index (χ3n) is 4.58. The van der Waals surface area contributed by atoms with Gasteiger partial charge in [-0.25, -0.2) is 0 Å². The Bertz CT molecular complexity index is 548. The zero-order valence-corrected chi connectivity index (χ0v) is 12.8. The molecule has 0 saturated heterocycles. The Kier molecular flexibility index (Phi) is 4.34. The van der Waals surface area contributed by atoms with Gasteiger partial charge in [0.05, 0.1) is 16.9 Å². The predicted octanol–water partition coefficient (Wildman–Crippen LogP) is 2.95. The normalized spacial score (nSPS) is 17.2. The van der Waals surface area contributed by atoms with E-state index in [2.05, 4.69) is 11.4 Å². The molecule has 1 amide bonds. The SMILES string of the molecule is CC(C)(C#N)c1ccc(NC(=O)C2(CN)CCCC2)cc1. The van der Waals surface area contributed by atoms with Crippen molar-refractivity contribution in [3.8, 4) is 6.07 Å². The molecule has 4 nitrogen and oxygen atoms in total. The lowest BCUT2D eigenvalue weighted by Gasteiger charge is -2.26. The molecule has 0 heterocycles. The standard InChI is InChI=1S/C17H23N3O/c1-16(2,11-18)13-5-7-14(8-6-13)20-15(21)17(12-19)9-3-4-10-17/h5-8H,3-4,9-10,12,19H2,1-2H3,(H,20,21). The van der Waals surface area contributed by atoms with E-state index in [9.17, 15) is 4.79 Å². The number of rotatable bonds is 4. The molecule has 0 atom stereocenters. The first-order valence-electron chi connectivity index (χ1n) is 7.47. The van der Waals surface area contributed by atoms with Crippen molar-refractivity contribution >= 4 is 11.6 Å². The molecule has 1 aromatic rings. The molecule has 0 aromatic heterocycles. The van der Waals surface area contributed by atoms with Gasteiger partial charge in [-0.2, -0.15) is 5.26 Å². The van der Waals surface area contributed by atoms with Crippen molar-refractivity contribution in [1.82, 2.24) is 0 Å². The van der Waals surface area contributed by atoms with Crippen LogP contribution in [-0.4, -0.2) is 12.5 Å². The van der Waals surface area contributed by atoms with Gasteiger partial charge in [-0.1, -0.05) is 25.0 Å². The first kappa shape index (κ1) is 15.5. The number of carbonyl (C=O) groups is 1. The largest absolute Gasteiger partial charge is 0.329 e. The lowest BCUT2D eigenvalue weighted by molar-refractivity contribution is -0.124. The van der Waals surface area contributed by atoms with Crippen molar-refractivity contribution < 1.29 is 4.79 Å². The van der Waals surface area contributed by atoms with Crippen LogP contribution in [0.1, 0.15) is 45.1 Å². The summed E-state index contributed by atoms with van der Waals surface area (Å²) in [6.45, 7) is 4.16. The van der Waals surface area contributed by atoms with E-state index in [1.165, 1.54) is 0 Å². The number of carbonyl (C=O) groups excluding carboxylic acids is 1. The average molecular weight is 285 g/mol. The highest BCUT2D eigenvalue weighted by Crippen LogP contribution is 2.38. The third-order valence-corrected chi connectivity index (χ3v) is 4.58. The topological polar surface area (TPSA) is 78.9 Å². The maximum Gasteiger partial charge on any atom is 0.231 e. The number of benzene rings is 1. The fourth-order valence-electron chi connectivity index (χ4n) is 2.87. The Labute approximate surface area is 126 Å². The summed E-state index contributed by atoms with van der Waals surface area (Å²) >= 11 is 0. The summed E-state index contributed by atoms with van der Waals surface area (Å²) in [7, 11) is 0. The molecule has 1 fully saturated rings. The molecule has 2 rings (SSSR count). The monoisotopic (exact) mass is 285 g/mol. The summed E-state index contributed by atoms with van der Waals surface area (Å²) in [6.07, 6.45) is 3.88. The van der Waals surface area contributed by atoms with Gasteiger partial charge in [0.25, 0.3) is 0 Å². The Morgan fingerprint density at radius 1 is 1.33 bits per heavy atom. The number of nitrogens with zero attached hydrogens (tertiary/aromatic N) is 1. The lowest BCUT2D eigenvalue weighted by Crippen LogP contribution is -2.40. The van der Waals surface area contributed by atoms with Crippen LogP contribution in [-0.2, 0) is 10.2 Å². The number of nitriles is 1. The summed E-state index contributed by atoms with van der Waals surface area (Å²) < 4.78 is 0. The van der Waals surface area contributed by atoms with Gasteiger partial charge in [-0.05, 0) is 44.4 Å². The van der Waals surface area contributed by atoms with Gasteiger partial charge in [-0.15, -0.1) is 0 Å². The minimum Gasteiger partial charge on any atom is -0.329 e. The second kappa shape index (κ2) is 5.87. The molecular formula is C17H23N3O. The third kappa shape index (κ3) is 3.08. The highest BCUT2D eigenvalue weighted by Gasteiger charge is 2.39. The Morgan fingerprint density at radius 3 is 2.38 bits per heavy atom. The highest BCUT2D eigenvalue weighted by molar-refractivity contribution is 5.95. The van der Waals surface area contributed by atoms with Gasteiger partial charge in [0, 0.05) is 12.2 Å². The average Bonchev–Trinajstić information content (AvgIpc) is 2.98. The summed E-state index contributed by atoms with van der Waals surface area (Å²) in [5, 5.41) is 12.1. The molecular weight excluding hydrogens is 262 g/mol. The van der Waals surface area contributed by atoms with Crippen molar-refractivity contribution in [3.63, 3.8) is 0 Å². The molecule has 0 aliphatic heterocycles. The van der Waals surface area contributed by atoms with Gasteiger partial charge in [0.2, 0.25) is 5.91 Å². The van der Waals surface area contributed by atoms with E-state index in [0.29, 0.717) is 6.54 Å². The minimum atomic E-state index is -0.521. The first-order chi connectivity index (χ1) is 9.93. The van der Waals surface area contributed by atoms with E-state index in [1.54, 1.807) is 0 Å². The van der Waals surface area contributed by atoms with E-state index in [0.717, 1.165) is 36.9 Å². The summed E-state index contributed by atoms with van der Waals surface area (Å²) in [5.41, 5.74) is 6.61. The van der Waals surface area contributed by atoms with Crippen LogP contribution >= 0.6 is 0 Å². The van der Waals surface area contributed by atoms with E-state index in [1.807, 2.05) is 38.1 Å². The molecule has 112 valence electrons. The number of nitrogens with one attached hydrogen (secondary N) is 1. The Balaban J connectivity index is 2.11. The Morgan fingerprint density at radius 2 is 1.90 bits per heavy atom. The van der Waals surface area contributed by atoms with Crippen molar-refractivity contribution in [2.24, 2.45) is 11.1 Å². The minimum absolute atomic E-state index is 0.0230. The molecule has 0 spiro atoms. The molecule has 1 aromatic carbocycles. The van der Waals surface area contributed by atoms with Crippen molar-refractivity contribution in [2.75, 3.05) is 11.9 Å². The van der Waals surface area contributed by atoms with E-state index < -0.39 is 10.8 Å². The lowest BCUT2D eigenvalue weighted by atomic mass is 9.85. The second-order valence-corrected chi connectivity index (χ2v) is 6.46. The molecule has 4 heteroatoms. The summed E-state index contributed by atoms with van der Waals surface area (Å²) in [5.74, 6) is 0.0230. The number of nitrogens with two attached hydrogens (primary N) is 1. The molecule has 3 N–H and O–H groups in total. The zero-order chi connectivity index (χ0) is 15.5. The fourth-order valence-corrected chi connectivity index (χ4v) is 2.87. The van der Waals surface area contributed by atoms with Crippen LogP contribution in [0.15, 0.2) is 24.3 Å². The fraction of sp³-hybridized carbons (Fsp3) is 0.529. The van der Waals surface area contributed by atoms with Crippen LogP contribution in [0.4, 0.5) is 5.69 Å². The summed E-state index contributed by atoms with van der Waals surface area (Å²) in [4.78, 5) is 12.5. The quantitative estimate of drug-likeness (QED) is 0.892. The maximum absolute atomic E-state index is 12.5.